The van der Waals surface area contributed by atoms with Gasteiger partial charge < -0.3 is 29.3 Å². The molecule has 4 fully saturated rings. The average molecular weight is 575 g/mol. The number of morpholine rings is 1. The highest BCUT2D eigenvalue weighted by molar-refractivity contribution is 5.99. The zero-order valence-electron chi connectivity index (χ0n) is 25.2. The number of carbonyl (C=O) groups excluding carboxylic acids is 3. The van der Waals surface area contributed by atoms with Gasteiger partial charge >= 0.3 is 0 Å². The number of nitrogens with zero attached hydrogens (tertiary/aromatic N) is 4. The van der Waals surface area contributed by atoms with E-state index in [0.29, 0.717) is 65.2 Å². The molecule has 4 aliphatic heterocycles. The van der Waals surface area contributed by atoms with E-state index in [-0.39, 0.29) is 30.2 Å². The van der Waals surface area contributed by atoms with Gasteiger partial charge in [-0.2, -0.15) is 0 Å². The first-order valence-electron chi connectivity index (χ1n) is 15.4. The summed E-state index contributed by atoms with van der Waals surface area (Å²) in [4.78, 5) is 50.4. The third kappa shape index (κ3) is 6.12. The number of hydrogen-bond donors (Lipinski definition) is 1. The van der Waals surface area contributed by atoms with Crippen molar-refractivity contribution in [2.45, 2.75) is 70.2 Å². The largest absolute Gasteiger partial charge is 0.394 e. The normalized spacial score (nSPS) is 30.0. The van der Waals surface area contributed by atoms with Gasteiger partial charge in [0.1, 0.15) is 11.6 Å². The molecule has 0 saturated carbocycles. The number of likely N-dealkylation sites (tertiary alicyclic amines) is 1. The van der Waals surface area contributed by atoms with Gasteiger partial charge in [-0.1, -0.05) is 32.9 Å². The van der Waals surface area contributed by atoms with Crippen molar-refractivity contribution < 1.29 is 29.0 Å². The van der Waals surface area contributed by atoms with Crippen LogP contribution in [0.3, 0.4) is 0 Å². The van der Waals surface area contributed by atoms with Crippen LogP contribution in [0.15, 0.2) is 25.3 Å². The lowest BCUT2D eigenvalue weighted by Gasteiger charge is -2.40. The maximum absolute atomic E-state index is 14.6. The molecule has 2 bridgehead atoms. The predicted octanol–water partition coefficient (Wildman–Crippen LogP) is 1.54. The Kier molecular flexibility index (Phi) is 10.7. The van der Waals surface area contributed by atoms with Gasteiger partial charge in [-0.05, 0) is 31.6 Å². The Morgan fingerprint density at radius 1 is 1.12 bits per heavy atom. The maximum atomic E-state index is 14.6. The van der Waals surface area contributed by atoms with Gasteiger partial charge in [0.05, 0.1) is 43.8 Å². The summed E-state index contributed by atoms with van der Waals surface area (Å²) in [5.74, 6) is -1.75. The van der Waals surface area contributed by atoms with Crippen molar-refractivity contribution in [3.63, 3.8) is 0 Å². The molecular weight excluding hydrogens is 524 g/mol. The van der Waals surface area contributed by atoms with Crippen molar-refractivity contribution in [2.24, 2.45) is 17.8 Å². The number of rotatable bonds is 15. The molecular formula is C31H50N4O6. The molecule has 0 aromatic rings. The third-order valence-electron chi connectivity index (χ3n) is 9.21. The standard InChI is InChI=1S/C31H50N4O6/c1-6-11-33(12-7-2)28(37)25-24-9-10-31(41-24)26(25)29(38)35(23(21-36)20-22(4)5)27(31)30(39)34(13-8-3)15-14-32-16-18-40-19-17-32/h6,8,22-27,36H,1,3,7,9-21H2,2,4-5H3/t23-,24+,25-,26+,27?,31?/m1/s1. The van der Waals surface area contributed by atoms with Crippen LogP contribution in [0, 0.1) is 17.8 Å². The second-order valence-corrected chi connectivity index (χ2v) is 12.4. The molecule has 230 valence electrons. The van der Waals surface area contributed by atoms with E-state index in [1.165, 1.54) is 0 Å². The second-order valence-electron chi connectivity index (χ2n) is 12.4. The van der Waals surface area contributed by atoms with E-state index in [1.807, 2.05) is 20.8 Å². The molecule has 2 unspecified atom stereocenters. The van der Waals surface area contributed by atoms with Crippen LogP contribution in [0.2, 0.25) is 0 Å². The van der Waals surface area contributed by atoms with Gasteiger partial charge in [-0.3, -0.25) is 19.3 Å². The van der Waals surface area contributed by atoms with Crippen LogP contribution in [0.25, 0.3) is 0 Å². The zero-order valence-corrected chi connectivity index (χ0v) is 25.2. The third-order valence-corrected chi connectivity index (χ3v) is 9.21. The van der Waals surface area contributed by atoms with Crippen molar-refractivity contribution in [3.8, 4) is 0 Å². The number of hydrogen-bond acceptors (Lipinski definition) is 7. The molecule has 1 spiro atoms. The lowest BCUT2D eigenvalue weighted by molar-refractivity contribution is -0.152. The fourth-order valence-corrected chi connectivity index (χ4v) is 7.50. The van der Waals surface area contributed by atoms with E-state index in [4.69, 9.17) is 9.47 Å². The van der Waals surface area contributed by atoms with Gasteiger partial charge in [-0.15, -0.1) is 13.2 Å². The Labute approximate surface area is 245 Å². The molecule has 41 heavy (non-hydrogen) atoms. The molecule has 4 aliphatic rings. The molecule has 0 aromatic heterocycles. The molecule has 0 radical (unpaired) electrons. The molecule has 3 amide bonds. The molecule has 4 rings (SSSR count). The van der Waals surface area contributed by atoms with Crippen molar-refractivity contribution in [2.75, 3.05) is 65.6 Å². The summed E-state index contributed by atoms with van der Waals surface area (Å²) in [6, 6.07) is -1.44. The highest BCUT2D eigenvalue weighted by atomic mass is 16.5. The van der Waals surface area contributed by atoms with E-state index >= 15 is 0 Å². The van der Waals surface area contributed by atoms with E-state index < -0.39 is 35.6 Å². The van der Waals surface area contributed by atoms with Crippen molar-refractivity contribution in [3.05, 3.63) is 25.3 Å². The van der Waals surface area contributed by atoms with E-state index in [0.717, 1.165) is 19.5 Å². The van der Waals surface area contributed by atoms with Gasteiger partial charge in [0, 0.05) is 45.8 Å². The van der Waals surface area contributed by atoms with Gasteiger partial charge in [-0.25, -0.2) is 0 Å². The van der Waals surface area contributed by atoms with Crippen LogP contribution in [-0.4, -0.2) is 132 Å². The van der Waals surface area contributed by atoms with E-state index in [2.05, 4.69) is 18.1 Å². The molecule has 1 N–H and O–H groups in total. The van der Waals surface area contributed by atoms with Crippen LogP contribution in [0.4, 0.5) is 0 Å². The topological polar surface area (TPSA) is 103 Å². The Hall–Kier alpha value is -2.27. The number of amides is 3. The fourth-order valence-electron chi connectivity index (χ4n) is 7.50. The highest BCUT2D eigenvalue weighted by Gasteiger charge is 2.75. The molecule has 10 nitrogen and oxygen atoms in total. The number of carbonyl (C=O) groups is 3. The quantitative estimate of drug-likeness (QED) is 0.296. The minimum absolute atomic E-state index is 0.107. The number of aliphatic hydroxyl groups excluding tert-OH is 1. The SMILES string of the molecule is C=CCN(CCN1CCOCC1)C(=O)C1N([C@@H](CO)CC(C)C)C(=O)[C@@H]2[C@H](C(=O)N(CC=C)CCC)[C@@H]3CCC12O3. The minimum atomic E-state index is -1.09. The summed E-state index contributed by atoms with van der Waals surface area (Å²) in [5, 5.41) is 10.5. The summed E-state index contributed by atoms with van der Waals surface area (Å²) < 4.78 is 12.1. The lowest BCUT2D eigenvalue weighted by Crippen LogP contribution is -2.59. The summed E-state index contributed by atoms with van der Waals surface area (Å²) >= 11 is 0. The first kappa shape index (κ1) is 31.7. The maximum Gasteiger partial charge on any atom is 0.248 e. The van der Waals surface area contributed by atoms with Crippen LogP contribution >= 0.6 is 0 Å². The molecule has 0 aromatic carbocycles. The van der Waals surface area contributed by atoms with Crippen LogP contribution in [-0.2, 0) is 23.9 Å². The summed E-state index contributed by atoms with van der Waals surface area (Å²) in [5.41, 5.74) is -1.09. The Morgan fingerprint density at radius 3 is 2.37 bits per heavy atom. The van der Waals surface area contributed by atoms with Crippen molar-refractivity contribution >= 4 is 17.7 Å². The second kappa shape index (κ2) is 13.8. The van der Waals surface area contributed by atoms with Crippen LogP contribution in [0.1, 0.15) is 46.5 Å². The highest BCUT2D eigenvalue weighted by Crippen LogP contribution is 2.59. The van der Waals surface area contributed by atoms with Gasteiger partial charge in [0.25, 0.3) is 0 Å². The number of ether oxygens (including phenoxy) is 2. The number of aliphatic hydroxyl groups is 1. The van der Waals surface area contributed by atoms with Crippen molar-refractivity contribution in [1.29, 1.82) is 0 Å². The molecule has 4 heterocycles. The summed E-state index contributed by atoms with van der Waals surface area (Å²) in [6.45, 7) is 19.0. The van der Waals surface area contributed by atoms with Crippen molar-refractivity contribution in [1.82, 2.24) is 19.6 Å². The first-order valence-corrected chi connectivity index (χ1v) is 15.4. The predicted molar refractivity (Wildman–Crippen MR) is 156 cm³/mol. The average Bonchev–Trinajstić information content (AvgIpc) is 3.61. The van der Waals surface area contributed by atoms with Crippen LogP contribution in [0.5, 0.6) is 0 Å². The Balaban J connectivity index is 1.70. The molecule has 4 saturated heterocycles. The smallest absolute Gasteiger partial charge is 0.248 e. The summed E-state index contributed by atoms with van der Waals surface area (Å²) in [6.07, 6.45) is 5.50. The number of fused-ring (bicyclic) bond motifs is 1. The minimum Gasteiger partial charge on any atom is -0.394 e. The molecule has 10 heteroatoms. The van der Waals surface area contributed by atoms with E-state index in [9.17, 15) is 19.5 Å². The van der Waals surface area contributed by atoms with Crippen LogP contribution < -0.4 is 0 Å². The lowest BCUT2D eigenvalue weighted by atomic mass is 9.70. The summed E-state index contributed by atoms with van der Waals surface area (Å²) in [7, 11) is 0. The first-order chi connectivity index (χ1) is 19.7. The Morgan fingerprint density at radius 2 is 1.78 bits per heavy atom. The van der Waals surface area contributed by atoms with Gasteiger partial charge in [0.15, 0.2) is 0 Å². The molecule has 0 aliphatic carbocycles. The zero-order chi connectivity index (χ0) is 29.7. The monoisotopic (exact) mass is 574 g/mol. The van der Waals surface area contributed by atoms with E-state index in [1.54, 1.807) is 26.9 Å². The molecule has 6 atom stereocenters. The fraction of sp³-hybridized carbons (Fsp3) is 0.774. The van der Waals surface area contributed by atoms with Gasteiger partial charge in [0.2, 0.25) is 17.7 Å². The Bertz CT molecular complexity index is 968.